The van der Waals surface area contributed by atoms with Gasteiger partial charge in [-0.05, 0) is 17.7 Å². The average molecular weight is 292 g/mol. The van der Waals surface area contributed by atoms with Gasteiger partial charge >= 0.3 is 12.3 Å². The zero-order valence-corrected chi connectivity index (χ0v) is 10.4. The second-order valence-electron chi connectivity index (χ2n) is 3.98. The molecule has 8 heteroatoms. The highest BCUT2D eigenvalue weighted by Crippen LogP contribution is 2.22. The van der Waals surface area contributed by atoms with Gasteiger partial charge in [-0.1, -0.05) is 12.1 Å². The average Bonchev–Trinajstić information content (AvgIpc) is 2.36. The maximum Gasteiger partial charge on any atom is 0.383 e. The second-order valence-corrected chi connectivity index (χ2v) is 3.98. The fourth-order valence-electron chi connectivity index (χ4n) is 1.31. The number of nitrogens with one attached hydrogen (secondary N) is 2. The molecule has 0 unspecified atom stereocenters. The van der Waals surface area contributed by atoms with Crippen LogP contribution in [-0.4, -0.2) is 24.2 Å². The molecule has 0 spiro atoms. The van der Waals surface area contributed by atoms with Gasteiger partial charge in [-0.3, -0.25) is 9.59 Å². The summed E-state index contributed by atoms with van der Waals surface area (Å²) >= 11 is 0. The Morgan fingerprint density at radius 1 is 1.20 bits per heavy atom. The number of carbonyl (C=O) groups is 2. The fourth-order valence-corrected chi connectivity index (χ4v) is 1.31. The summed E-state index contributed by atoms with van der Waals surface area (Å²) in [6.45, 7) is 1.00. The standard InChI is InChI=1S/C12H12F4N2O2/c1-7(19)18-9-4-2-8(3-5-9)6-17-11(20)12(15,16)10(13)14/h2-5,10H,6H2,1H3,(H,17,20)(H,18,19). The van der Waals surface area contributed by atoms with E-state index in [0.717, 1.165) is 0 Å². The molecule has 110 valence electrons. The summed E-state index contributed by atoms with van der Waals surface area (Å²) in [7, 11) is 0. The van der Waals surface area contributed by atoms with Gasteiger partial charge in [0.2, 0.25) is 5.91 Å². The lowest BCUT2D eigenvalue weighted by atomic mass is 10.2. The molecule has 0 atom stereocenters. The molecule has 1 rings (SSSR count). The van der Waals surface area contributed by atoms with Crippen LogP contribution in [0.3, 0.4) is 0 Å². The van der Waals surface area contributed by atoms with Crippen molar-refractivity contribution in [2.45, 2.75) is 25.8 Å². The Labute approximate surface area is 112 Å². The predicted octanol–water partition coefficient (Wildman–Crippen LogP) is 2.16. The first kappa shape index (κ1) is 15.9. The molecule has 1 aromatic rings. The van der Waals surface area contributed by atoms with E-state index in [9.17, 15) is 27.2 Å². The van der Waals surface area contributed by atoms with Gasteiger partial charge in [0.25, 0.3) is 5.91 Å². The third-order valence-electron chi connectivity index (χ3n) is 2.30. The fraction of sp³-hybridized carbons (Fsp3) is 0.333. The molecule has 4 nitrogen and oxygen atoms in total. The molecule has 0 bridgehead atoms. The highest BCUT2D eigenvalue weighted by atomic mass is 19.3. The number of hydrogen-bond acceptors (Lipinski definition) is 2. The van der Waals surface area contributed by atoms with Crippen LogP contribution in [0.2, 0.25) is 0 Å². The molecule has 0 aliphatic rings. The first-order valence-electron chi connectivity index (χ1n) is 5.54. The van der Waals surface area contributed by atoms with E-state index in [1.54, 1.807) is 5.32 Å². The van der Waals surface area contributed by atoms with Crippen LogP contribution in [0.25, 0.3) is 0 Å². The Bertz CT molecular complexity index is 489. The molecular weight excluding hydrogens is 280 g/mol. The number of benzene rings is 1. The number of halogens is 4. The van der Waals surface area contributed by atoms with Gasteiger partial charge < -0.3 is 10.6 Å². The van der Waals surface area contributed by atoms with Gasteiger partial charge in [0.05, 0.1) is 0 Å². The summed E-state index contributed by atoms with van der Waals surface area (Å²) in [6.07, 6.45) is -4.05. The van der Waals surface area contributed by atoms with E-state index in [1.165, 1.54) is 31.2 Å². The van der Waals surface area contributed by atoms with E-state index in [1.807, 2.05) is 0 Å². The van der Waals surface area contributed by atoms with E-state index in [0.29, 0.717) is 11.3 Å². The SMILES string of the molecule is CC(=O)Nc1ccc(CNC(=O)C(F)(F)C(F)F)cc1. The number of anilines is 1. The molecule has 0 heterocycles. The normalized spacial score (nSPS) is 11.3. The Balaban J connectivity index is 2.58. The first-order chi connectivity index (χ1) is 9.23. The molecule has 0 radical (unpaired) electrons. The Morgan fingerprint density at radius 2 is 1.75 bits per heavy atom. The van der Waals surface area contributed by atoms with Crippen LogP contribution in [-0.2, 0) is 16.1 Å². The van der Waals surface area contributed by atoms with Gasteiger partial charge in [-0.2, -0.15) is 8.78 Å². The maximum absolute atomic E-state index is 12.6. The van der Waals surface area contributed by atoms with Crippen LogP contribution in [0.1, 0.15) is 12.5 Å². The van der Waals surface area contributed by atoms with Gasteiger partial charge in [0.1, 0.15) is 0 Å². The number of alkyl halides is 4. The quantitative estimate of drug-likeness (QED) is 0.817. The van der Waals surface area contributed by atoms with Crippen molar-refractivity contribution in [3.8, 4) is 0 Å². The zero-order chi connectivity index (χ0) is 15.3. The van der Waals surface area contributed by atoms with Gasteiger partial charge in [0.15, 0.2) is 0 Å². The first-order valence-corrected chi connectivity index (χ1v) is 5.54. The largest absolute Gasteiger partial charge is 0.383 e. The van der Waals surface area contributed by atoms with Crippen LogP contribution >= 0.6 is 0 Å². The van der Waals surface area contributed by atoms with E-state index >= 15 is 0 Å². The van der Waals surface area contributed by atoms with Gasteiger partial charge in [0, 0.05) is 19.2 Å². The molecule has 0 aliphatic heterocycles. The molecule has 0 fully saturated rings. The Kier molecular flexibility index (Phi) is 5.06. The maximum atomic E-state index is 12.6. The van der Waals surface area contributed by atoms with Crippen LogP contribution < -0.4 is 10.6 Å². The monoisotopic (exact) mass is 292 g/mol. The summed E-state index contributed by atoms with van der Waals surface area (Å²) < 4.78 is 49.1. The van der Waals surface area contributed by atoms with Crippen molar-refractivity contribution in [3.63, 3.8) is 0 Å². The lowest BCUT2D eigenvalue weighted by Gasteiger charge is -2.14. The van der Waals surface area contributed by atoms with Crippen LogP contribution in [0.15, 0.2) is 24.3 Å². The summed E-state index contributed by atoms with van der Waals surface area (Å²) in [5.41, 5.74) is 0.919. The minimum Gasteiger partial charge on any atom is -0.347 e. The van der Waals surface area contributed by atoms with Gasteiger partial charge in [-0.15, -0.1) is 0 Å². The Morgan fingerprint density at radius 3 is 2.20 bits per heavy atom. The molecule has 0 saturated carbocycles. The molecule has 20 heavy (non-hydrogen) atoms. The van der Waals surface area contributed by atoms with Crippen molar-refractivity contribution in [3.05, 3.63) is 29.8 Å². The third kappa shape index (κ3) is 4.22. The molecule has 1 aromatic carbocycles. The van der Waals surface area contributed by atoms with E-state index in [4.69, 9.17) is 0 Å². The van der Waals surface area contributed by atoms with Crippen molar-refractivity contribution in [2.75, 3.05) is 5.32 Å². The molecule has 0 saturated heterocycles. The minimum absolute atomic E-state index is 0.275. The smallest absolute Gasteiger partial charge is 0.347 e. The molecule has 0 aliphatic carbocycles. The number of rotatable bonds is 5. The molecule has 2 N–H and O–H groups in total. The number of amides is 2. The molecule has 0 aromatic heterocycles. The van der Waals surface area contributed by atoms with Crippen molar-refractivity contribution in [1.82, 2.24) is 5.32 Å². The van der Waals surface area contributed by atoms with Crippen molar-refractivity contribution >= 4 is 17.5 Å². The Hall–Kier alpha value is -2.12. The number of carbonyl (C=O) groups excluding carboxylic acids is 2. The minimum atomic E-state index is -4.71. The lowest BCUT2D eigenvalue weighted by Crippen LogP contribution is -2.44. The highest BCUT2D eigenvalue weighted by Gasteiger charge is 2.48. The summed E-state index contributed by atoms with van der Waals surface area (Å²) in [6, 6.07) is 5.92. The second kappa shape index (κ2) is 6.36. The van der Waals surface area contributed by atoms with Crippen LogP contribution in [0.4, 0.5) is 23.2 Å². The predicted molar refractivity (Wildman–Crippen MR) is 63.5 cm³/mol. The van der Waals surface area contributed by atoms with E-state index in [2.05, 4.69) is 5.32 Å². The van der Waals surface area contributed by atoms with Gasteiger partial charge in [-0.25, -0.2) is 8.78 Å². The highest BCUT2D eigenvalue weighted by molar-refractivity contribution is 5.88. The van der Waals surface area contributed by atoms with E-state index < -0.39 is 18.3 Å². The van der Waals surface area contributed by atoms with Crippen LogP contribution in [0.5, 0.6) is 0 Å². The van der Waals surface area contributed by atoms with Crippen molar-refractivity contribution in [1.29, 1.82) is 0 Å². The zero-order valence-electron chi connectivity index (χ0n) is 10.4. The third-order valence-corrected chi connectivity index (χ3v) is 2.30. The summed E-state index contributed by atoms with van der Waals surface area (Å²) in [4.78, 5) is 21.7. The lowest BCUT2D eigenvalue weighted by molar-refractivity contribution is -0.169. The number of hydrogen-bond donors (Lipinski definition) is 2. The molecule has 2 amide bonds. The summed E-state index contributed by atoms with van der Waals surface area (Å²) in [5.74, 6) is -7.02. The summed E-state index contributed by atoms with van der Waals surface area (Å²) in [5, 5.41) is 4.22. The van der Waals surface area contributed by atoms with E-state index in [-0.39, 0.29) is 12.5 Å². The van der Waals surface area contributed by atoms with Crippen molar-refractivity contribution in [2.24, 2.45) is 0 Å². The van der Waals surface area contributed by atoms with Crippen molar-refractivity contribution < 1.29 is 27.2 Å². The molecular formula is C12H12F4N2O2. The van der Waals surface area contributed by atoms with Crippen LogP contribution in [0, 0.1) is 0 Å². The topological polar surface area (TPSA) is 58.2 Å².